The van der Waals surface area contributed by atoms with E-state index in [-0.39, 0.29) is 31.2 Å². The molecule has 3 amide bonds. The van der Waals surface area contributed by atoms with E-state index >= 15 is 0 Å². The number of benzene rings is 1. The van der Waals surface area contributed by atoms with Crippen molar-refractivity contribution in [1.29, 1.82) is 0 Å². The molecule has 0 spiro atoms. The van der Waals surface area contributed by atoms with Gasteiger partial charge in [0.1, 0.15) is 23.4 Å². The van der Waals surface area contributed by atoms with Crippen molar-refractivity contribution in [2.45, 2.75) is 79.0 Å². The van der Waals surface area contributed by atoms with Crippen molar-refractivity contribution in [2.24, 2.45) is 5.92 Å². The van der Waals surface area contributed by atoms with Crippen molar-refractivity contribution in [3.8, 4) is 18.2 Å². The summed E-state index contributed by atoms with van der Waals surface area (Å²) in [4.78, 5) is 52.2. The van der Waals surface area contributed by atoms with E-state index in [4.69, 9.17) is 15.9 Å². The van der Waals surface area contributed by atoms with E-state index in [0.717, 1.165) is 4.90 Å². The molecule has 0 aliphatic heterocycles. The zero-order chi connectivity index (χ0) is 28.3. The predicted octanol–water partition coefficient (Wildman–Crippen LogP) is 3.17. The first-order valence-electron chi connectivity index (χ1n) is 12.3. The van der Waals surface area contributed by atoms with Crippen LogP contribution in [0.4, 0.5) is 4.79 Å². The fourth-order valence-electron chi connectivity index (χ4n) is 3.42. The third-order valence-corrected chi connectivity index (χ3v) is 5.50. The molecule has 0 fully saturated rings. The van der Waals surface area contributed by atoms with Crippen LogP contribution >= 0.6 is 0 Å². The number of hydrogen-bond acceptors (Lipinski definition) is 7. The number of rotatable bonds is 11. The number of carbonyl (C=O) groups is 4. The summed E-state index contributed by atoms with van der Waals surface area (Å²) in [5.74, 6) is -2.14. The summed E-state index contributed by atoms with van der Waals surface area (Å²) in [7, 11) is 0. The molecule has 10 nitrogen and oxygen atoms in total. The third kappa shape index (κ3) is 9.67. The number of nitrogens with zero attached hydrogens (tertiary/aromatic N) is 1. The Labute approximate surface area is 219 Å². The number of aromatic hydroxyl groups is 1. The predicted molar refractivity (Wildman–Crippen MR) is 138 cm³/mol. The molecule has 0 aliphatic rings. The van der Waals surface area contributed by atoms with Gasteiger partial charge in [-0.25, -0.2) is 4.79 Å². The van der Waals surface area contributed by atoms with Gasteiger partial charge in [-0.1, -0.05) is 32.8 Å². The van der Waals surface area contributed by atoms with Crippen molar-refractivity contribution in [2.75, 3.05) is 13.2 Å². The highest BCUT2D eigenvalue weighted by Gasteiger charge is 2.38. The Balaban J connectivity index is 3.37. The van der Waals surface area contributed by atoms with Crippen LogP contribution in [0.3, 0.4) is 0 Å². The van der Waals surface area contributed by atoms with Crippen LogP contribution in [0.5, 0.6) is 5.75 Å². The molecule has 0 aliphatic carbocycles. The van der Waals surface area contributed by atoms with Gasteiger partial charge in [0.05, 0.1) is 13.0 Å². The lowest BCUT2D eigenvalue weighted by Crippen LogP contribution is -2.54. The normalized spacial score (nSPS) is 13.4. The van der Waals surface area contributed by atoms with Crippen LogP contribution in [0.2, 0.25) is 0 Å². The molecule has 1 aromatic rings. The summed E-state index contributed by atoms with van der Waals surface area (Å²) < 4.78 is 10.2. The highest BCUT2D eigenvalue weighted by atomic mass is 16.6. The Morgan fingerprint density at radius 1 is 1.19 bits per heavy atom. The van der Waals surface area contributed by atoms with Gasteiger partial charge in [-0.2, -0.15) is 0 Å². The van der Waals surface area contributed by atoms with E-state index in [1.807, 2.05) is 6.92 Å². The molecule has 3 atom stereocenters. The lowest BCUT2D eigenvalue weighted by Gasteiger charge is -2.32. The molecule has 10 heteroatoms. The second kappa shape index (κ2) is 14.1. The van der Waals surface area contributed by atoms with Gasteiger partial charge in [-0.15, -0.1) is 0 Å². The Morgan fingerprint density at radius 2 is 1.84 bits per heavy atom. The van der Waals surface area contributed by atoms with Crippen LogP contribution in [0, 0.1) is 25.3 Å². The smallest absolute Gasteiger partial charge is 0.408 e. The Kier molecular flexibility index (Phi) is 11.9. The van der Waals surface area contributed by atoms with E-state index in [1.54, 1.807) is 47.6 Å². The molecule has 204 valence electrons. The minimum absolute atomic E-state index is 0.00729. The number of phenolic OH excluding ortho intramolecular Hbond substituents is 1. The molecule has 0 bridgehead atoms. The number of carbonyl (C=O) groups excluding carboxylic acids is 4. The maximum absolute atomic E-state index is 13.7. The minimum Gasteiger partial charge on any atom is -0.508 e. The van der Waals surface area contributed by atoms with Gasteiger partial charge >= 0.3 is 12.1 Å². The second-order valence-corrected chi connectivity index (χ2v) is 9.64. The molecule has 0 saturated heterocycles. The van der Waals surface area contributed by atoms with Crippen LogP contribution in [0.25, 0.3) is 0 Å². The van der Waals surface area contributed by atoms with Crippen LogP contribution < -0.4 is 10.6 Å². The van der Waals surface area contributed by atoms with E-state index < -0.39 is 41.6 Å². The highest BCUT2D eigenvalue weighted by Crippen LogP contribution is 2.27. The SMILES string of the molecule is C#CN(C(=O)C(NC(=O)OC(C)(C)C)C(C)CC)C(C(=O)NCCC(=O)OCC)c1ccc(O)c(C)c1. The zero-order valence-electron chi connectivity index (χ0n) is 22.7. The topological polar surface area (TPSA) is 134 Å². The molecule has 3 N–H and O–H groups in total. The van der Waals surface area contributed by atoms with Crippen LogP contribution in [0.1, 0.15) is 71.6 Å². The fourth-order valence-corrected chi connectivity index (χ4v) is 3.42. The summed E-state index contributed by atoms with van der Waals surface area (Å²) in [5.41, 5.74) is 0.0242. The number of aryl methyl sites for hydroxylation is 1. The number of hydrogen-bond donors (Lipinski definition) is 3. The van der Waals surface area contributed by atoms with E-state index in [1.165, 1.54) is 12.1 Å². The molecule has 1 rings (SSSR count). The first-order chi connectivity index (χ1) is 17.2. The zero-order valence-corrected chi connectivity index (χ0v) is 22.7. The van der Waals surface area contributed by atoms with Crippen molar-refractivity contribution in [3.63, 3.8) is 0 Å². The summed E-state index contributed by atoms with van der Waals surface area (Å²) in [6.07, 6.45) is 5.42. The first-order valence-corrected chi connectivity index (χ1v) is 12.3. The molecule has 0 heterocycles. The maximum atomic E-state index is 13.7. The number of nitrogens with one attached hydrogen (secondary N) is 2. The summed E-state index contributed by atoms with van der Waals surface area (Å²) in [6, 6.07) is 4.33. The van der Waals surface area contributed by atoms with Crippen molar-refractivity contribution < 1.29 is 33.8 Å². The van der Waals surface area contributed by atoms with Crippen molar-refractivity contribution in [3.05, 3.63) is 29.3 Å². The van der Waals surface area contributed by atoms with Crippen LogP contribution in [0.15, 0.2) is 18.2 Å². The summed E-state index contributed by atoms with van der Waals surface area (Å²) >= 11 is 0. The van der Waals surface area contributed by atoms with Crippen molar-refractivity contribution in [1.82, 2.24) is 15.5 Å². The molecule has 37 heavy (non-hydrogen) atoms. The number of phenols is 1. The average molecular weight is 518 g/mol. The molecular weight excluding hydrogens is 478 g/mol. The molecule has 0 saturated carbocycles. The quantitative estimate of drug-likeness (QED) is 0.233. The minimum atomic E-state index is -1.30. The van der Waals surface area contributed by atoms with Gasteiger partial charge < -0.3 is 25.2 Å². The van der Waals surface area contributed by atoms with Crippen LogP contribution in [-0.2, 0) is 23.9 Å². The van der Waals surface area contributed by atoms with Gasteiger partial charge in [0.25, 0.3) is 5.91 Å². The standard InChI is InChI=1S/C27H39N3O7/c1-9-17(4)22(29-26(35)37-27(6,7)8)25(34)30(10-2)23(19-12-13-20(31)18(5)16-19)24(33)28-15-14-21(32)36-11-3/h2,12-13,16-17,22-23,31H,9,11,14-15H2,1,3-8H3,(H,28,33)(H,29,35). The highest BCUT2D eigenvalue weighted by molar-refractivity contribution is 5.93. The van der Waals surface area contributed by atoms with Crippen LogP contribution in [-0.4, -0.2) is 58.7 Å². The number of terminal acetylenes is 1. The third-order valence-electron chi connectivity index (χ3n) is 5.50. The number of esters is 1. The van der Waals surface area contributed by atoms with E-state index in [2.05, 4.69) is 16.7 Å². The summed E-state index contributed by atoms with van der Waals surface area (Å²) in [6.45, 7) is 12.2. The first kappa shape index (κ1) is 31.3. The average Bonchev–Trinajstić information content (AvgIpc) is 2.80. The molecule has 0 aromatic heterocycles. The van der Waals surface area contributed by atoms with Gasteiger partial charge in [0.15, 0.2) is 0 Å². The lowest BCUT2D eigenvalue weighted by atomic mass is 9.95. The number of ether oxygens (including phenoxy) is 2. The monoisotopic (exact) mass is 517 g/mol. The second-order valence-electron chi connectivity index (χ2n) is 9.64. The van der Waals surface area contributed by atoms with Crippen molar-refractivity contribution >= 4 is 23.9 Å². The maximum Gasteiger partial charge on any atom is 0.408 e. The molecule has 1 aromatic carbocycles. The Hall–Kier alpha value is -3.74. The molecule has 3 unspecified atom stereocenters. The van der Waals surface area contributed by atoms with Gasteiger partial charge in [-0.05, 0) is 63.8 Å². The molecular formula is C27H39N3O7. The number of alkyl carbamates (subject to hydrolysis) is 1. The van der Waals surface area contributed by atoms with E-state index in [0.29, 0.717) is 17.5 Å². The van der Waals surface area contributed by atoms with Gasteiger partial charge in [0.2, 0.25) is 5.91 Å². The van der Waals surface area contributed by atoms with E-state index in [9.17, 15) is 24.3 Å². The number of amides is 3. The van der Waals surface area contributed by atoms with Gasteiger partial charge in [0, 0.05) is 12.6 Å². The Bertz CT molecular complexity index is 1010. The largest absolute Gasteiger partial charge is 0.508 e. The molecule has 0 radical (unpaired) electrons. The van der Waals surface area contributed by atoms with Gasteiger partial charge in [-0.3, -0.25) is 19.3 Å². The lowest BCUT2D eigenvalue weighted by molar-refractivity contribution is -0.143. The summed E-state index contributed by atoms with van der Waals surface area (Å²) in [5, 5.41) is 15.2. The Morgan fingerprint density at radius 3 is 2.35 bits per heavy atom. The fraction of sp³-hybridized carbons (Fsp3) is 0.556.